The second kappa shape index (κ2) is 10.4. The minimum Gasteiger partial charge on any atom is -0.488 e. The lowest BCUT2D eigenvalue weighted by Crippen LogP contribution is -2.54. The number of carbonyl (C=O) groups is 4. The highest BCUT2D eigenvalue weighted by Crippen LogP contribution is 2.29. The van der Waals surface area contributed by atoms with Crippen LogP contribution in [0.25, 0.3) is 6.08 Å². The Kier molecular flexibility index (Phi) is 7.11. The molecule has 3 aromatic rings. The van der Waals surface area contributed by atoms with E-state index in [1.54, 1.807) is 30.3 Å². The van der Waals surface area contributed by atoms with E-state index in [-0.39, 0.29) is 29.1 Å². The number of hydrogen-bond donors (Lipinski definition) is 2. The highest BCUT2D eigenvalue weighted by molar-refractivity contribution is 9.10. The smallest absolute Gasteiger partial charge is 0.335 e. The predicted octanol–water partition coefficient (Wildman–Crippen LogP) is 4.30. The molecule has 0 spiro atoms. The van der Waals surface area contributed by atoms with Crippen molar-refractivity contribution >= 4 is 57.2 Å². The average Bonchev–Trinajstić information content (AvgIpc) is 2.86. The van der Waals surface area contributed by atoms with Crippen molar-refractivity contribution in [1.29, 1.82) is 0 Å². The number of nitrogens with zero attached hydrogens (tertiary/aromatic N) is 2. The first-order chi connectivity index (χ1) is 17.6. The zero-order chi connectivity index (χ0) is 26.7. The van der Waals surface area contributed by atoms with E-state index >= 15 is 0 Å². The van der Waals surface area contributed by atoms with E-state index in [1.807, 2.05) is 0 Å². The fourth-order valence-corrected chi connectivity index (χ4v) is 3.82. The molecule has 3 aromatic carbocycles. The number of urea groups is 1. The van der Waals surface area contributed by atoms with Gasteiger partial charge in [-0.3, -0.25) is 25.0 Å². The molecular weight excluding hydrogens is 550 g/mol. The summed E-state index contributed by atoms with van der Waals surface area (Å²) in [6.45, 7) is 0.0521. The van der Waals surface area contributed by atoms with Crippen LogP contribution in [0.4, 0.5) is 16.2 Å². The molecule has 1 saturated heterocycles. The number of halogens is 1. The molecule has 37 heavy (non-hydrogen) atoms. The van der Waals surface area contributed by atoms with Crippen LogP contribution < -0.4 is 15.0 Å². The Morgan fingerprint density at radius 2 is 1.73 bits per heavy atom. The Hall–Kier alpha value is -4.84. The Balaban J connectivity index is 1.63. The van der Waals surface area contributed by atoms with E-state index < -0.39 is 28.7 Å². The normalized spacial score (nSPS) is 14.5. The highest BCUT2D eigenvalue weighted by atomic mass is 79.9. The largest absolute Gasteiger partial charge is 0.488 e. The zero-order valence-corrected chi connectivity index (χ0v) is 20.3. The van der Waals surface area contributed by atoms with Crippen LogP contribution in [-0.2, 0) is 16.2 Å². The molecule has 0 radical (unpaired) electrons. The molecule has 0 saturated carbocycles. The van der Waals surface area contributed by atoms with Crippen molar-refractivity contribution in [3.63, 3.8) is 0 Å². The number of carboxylic acid groups (broad SMARTS) is 1. The first-order valence-corrected chi connectivity index (χ1v) is 11.3. The lowest BCUT2D eigenvalue weighted by Gasteiger charge is -2.26. The summed E-state index contributed by atoms with van der Waals surface area (Å²) in [6.07, 6.45) is 1.28. The molecule has 11 nitrogen and oxygen atoms in total. The van der Waals surface area contributed by atoms with E-state index in [2.05, 4.69) is 21.2 Å². The van der Waals surface area contributed by atoms with E-state index in [9.17, 15) is 29.3 Å². The van der Waals surface area contributed by atoms with E-state index in [4.69, 9.17) is 9.84 Å². The topological polar surface area (TPSA) is 156 Å². The van der Waals surface area contributed by atoms with Crippen LogP contribution in [0.2, 0.25) is 0 Å². The fourth-order valence-electron chi connectivity index (χ4n) is 3.44. The quantitative estimate of drug-likeness (QED) is 0.186. The SMILES string of the molecule is O=C1NC(=O)N(c2ccc(C(=O)O)cc2)C(=O)/C1=C/c1cc(Br)ccc1OCc1ccc([N+](=O)[O-])cc1. The number of nitrogens with one attached hydrogen (secondary N) is 1. The third-order valence-corrected chi connectivity index (χ3v) is 5.78. The number of nitro benzene ring substituents is 1. The molecule has 0 atom stereocenters. The monoisotopic (exact) mass is 565 g/mol. The Morgan fingerprint density at radius 3 is 2.35 bits per heavy atom. The predicted molar refractivity (Wildman–Crippen MR) is 134 cm³/mol. The van der Waals surface area contributed by atoms with E-state index in [0.717, 1.165) is 4.90 Å². The van der Waals surface area contributed by atoms with Gasteiger partial charge in [-0.2, -0.15) is 0 Å². The summed E-state index contributed by atoms with van der Waals surface area (Å²) in [5.41, 5.74) is 0.640. The molecule has 0 aliphatic carbocycles. The maximum absolute atomic E-state index is 13.2. The van der Waals surface area contributed by atoms with Gasteiger partial charge in [0.05, 0.1) is 16.2 Å². The molecule has 186 valence electrons. The number of carbonyl (C=O) groups excluding carboxylic acids is 3. The van der Waals surface area contributed by atoms with Crippen molar-refractivity contribution in [2.45, 2.75) is 6.61 Å². The first kappa shape index (κ1) is 25.3. The second-order valence-electron chi connectivity index (χ2n) is 7.70. The van der Waals surface area contributed by atoms with Crippen LogP contribution in [0.5, 0.6) is 5.75 Å². The number of carboxylic acids is 1. The van der Waals surface area contributed by atoms with Crippen LogP contribution in [0.3, 0.4) is 0 Å². The molecule has 1 fully saturated rings. The number of benzene rings is 3. The van der Waals surface area contributed by atoms with Gasteiger partial charge in [-0.15, -0.1) is 0 Å². The fraction of sp³-hybridized carbons (Fsp3) is 0.0400. The summed E-state index contributed by atoms with van der Waals surface area (Å²) in [6, 6.07) is 14.8. The minimum atomic E-state index is -1.17. The molecule has 0 aromatic heterocycles. The van der Waals surface area contributed by atoms with Gasteiger partial charge in [0.15, 0.2) is 0 Å². The average molecular weight is 566 g/mol. The van der Waals surface area contributed by atoms with Gasteiger partial charge >= 0.3 is 12.0 Å². The molecule has 0 unspecified atom stereocenters. The van der Waals surface area contributed by atoms with Gasteiger partial charge in [0.2, 0.25) is 0 Å². The number of anilines is 1. The number of barbiturate groups is 1. The molecule has 2 N–H and O–H groups in total. The summed E-state index contributed by atoms with van der Waals surface area (Å²) >= 11 is 3.34. The zero-order valence-electron chi connectivity index (χ0n) is 18.7. The van der Waals surface area contributed by atoms with Gasteiger partial charge < -0.3 is 9.84 Å². The molecule has 1 aliphatic rings. The summed E-state index contributed by atoms with van der Waals surface area (Å²) in [5.74, 6) is -2.68. The molecule has 1 heterocycles. The van der Waals surface area contributed by atoms with Crippen LogP contribution in [0, 0.1) is 10.1 Å². The number of ether oxygens (including phenoxy) is 1. The summed E-state index contributed by atoms with van der Waals surface area (Å²) in [7, 11) is 0. The molecule has 1 aliphatic heterocycles. The van der Waals surface area contributed by atoms with Crippen LogP contribution >= 0.6 is 15.9 Å². The lowest BCUT2D eigenvalue weighted by atomic mass is 10.1. The second-order valence-corrected chi connectivity index (χ2v) is 8.62. The number of rotatable bonds is 7. The number of hydrogen-bond acceptors (Lipinski definition) is 7. The van der Waals surface area contributed by atoms with Gasteiger partial charge in [-0.1, -0.05) is 15.9 Å². The van der Waals surface area contributed by atoms with Gasteiger partial charge in [0.25, 0.3) is 17.5 Å². The Labute approximate surface area is 217 Å². The maximum Gasteiger partial charge on any atom is 0.335 e. The van der Waals surface area contributed by atoms with Crippen LogP contribution in [0.15, 0.2) is 76.8 Å². The van der Waals surface area contributed by atoms with Crippen molar-refractivity contribution < 1.29 is 33.9 Å². The van der Waals surface area contributed by atoms with Crippen molar-refractivity contribution in [2.24, 2.45) is 0 Å². The van der Waals surface area contributed by atoms with E-state index in [0.29, 0.717) is 21.3 Å². The first-order valence-electron chi connectivity index (χ1n) is 10.5. The van der Waals surface area contributed by atoms with Crippen LogP contribution in [0.1, 0.15) is 21.5 Å². The summed E-state index contributed by atoms with van der Waals surface area (Å²) in [4.78, 5) is 60.4. The van der Waals surface area contributed by atoms with Gasteiger partial charge in [-0.25, -0.2) is 14.5 Å². The van der Waals surface area contributed by atoms with E-state index in [1.165, 1.54) is 42.5 Å². The maximum atomic E-state index is 13.2. The minimum absolute atomic E-state index is 0.0376. The van der Waals surface area contributed by atoms with Crippen molar-refractivity contribution in [3.05, 3.63) is 104 Å². The third kappa shape index (κ3) is 5.54. The van der Waals surface area contributed by atoms with Gasteiger partial charge in [-0.05, 0) is 66.2 Å². The third-order valence-electron chi connectivity index (χ3n) is 5.29. The van der Waals surface area contributed by atoms with Crippen molar-refractivity contribution in [1.82, 2.24) is 5.32 Å². The number of nitro groups is 1. The summed E-state index contributed by atoms with van der Waals surface area (Å²) in [5, 5.41) is 22.0. The number of aromatic carboxylic acids is 1. The number of amides is 4. The number of non-ortho nitro benzene ring substituents is 1. The molecule has 12 heteroatoms. The van der Waals surface area contributed by atoms with Crippen LogP contribution in [-0.4, -0.2) is 33.8 Å². The van der Waals surface area contributed by atoms with Gasteiger partial charge in [0.1, 0.15) is 17.9 Å². The Bertz CT molecular complexity index is 1470. The highest BCUT2D eigenvalue weighted by Gasteiger charge is 2.37. The Morgan fingerprint density at radius 1 is 1.05 bits per heavy atom. The van der Waals surface area contributed by atoms with Crippen molar-refractivity contribution in [2.75, 3.05) is 4.90 Å². The standard InChI is InChI=1S/C25H16BrN3O8/c26-17-5-10-21(37-13-14-1-6-19(7-2-14)29(35)36)16(11-17)12-20-22(30)27-25(34)28(23(20)31)18-8-3-15(4-9-18)24(32)33/h1-12H,13H2,(H,32,33)(H,27,30,34)/b20-12+. The van der Waals surface area contributed by atoms with Crippen molar-refractivity contribution in [3.8, 4) is 5.75 Å². The molecular formula is C25H16BrN3O8. The lowest BCUT2D eigenvalue weighted by molar-refractivity contribution is -0.384. The summed E-state index contributed by atoms with van der Waals surface area (Å²) < 4.78 is 6.47. The van der Waals surface area contributed by atoms with Gasteiger partial charge in [0, 0.05) is 22.2 Å². The number of imide groups is 2. The molecule has 4 amide bonds. The molecule has 4 rings (SSSR count). The molecule has 0 bridgehead atoms.